The third kappa shape index (κ3) is 3.70. The van der Waals surface area contributed by atoms with E-state index in [4.69, 9.17) is 4.74 Å². The molecule has 98 valence electrons. The first kappa shape index (κ1) is 13.9. The summed E-state index contributed by atoms with van der Waals surface area (Å²) in [5, 5.41) is 2.89. The number of hydrogen-bond donors (Lipinski definition) is 1. The van der Waals surface area contributed by atoms with Crippen LogP contribution in [0.15, 0.2) is 48.5 Å². The van der Waals surface area contributed by atoms with Crippen LogP contribution >= 0.6 is 22.6 Å². The third-order valence-electron chi connectivity index (χ3n) is 2.53. The van der Waals surface area contributed by atoms with Crippen molar-refractivity contribution in [1.29, 1.82) is 0 Å². The van der Waals surface area contributed by atoms with E-state index in [1.54, 1.807) is 12.1 Å². The van der Waals surface area contributed by atoms with E-state index in [2.05, 4.69) is 27.9 Å². The minimum absolute atomic E-state index is 0.134. The van der Waals surface area contributed by atoms with Gasteiger partial charge in [0.05, 0.1) is 12.3 Å². The van der Waals surface area contributed by atoms with Crippen LogP contribution < -0.4 is 10.1 Å². The molecule has 2 aromatic rings. The number of hydrogen-bond acceptors (Lipinski definition) is 2. The highest BCUT2D eigenvalue weighted by Gasteiger charge is 2.08. The van der Waals surface area contributed by atoms with Gasteiger partial charge in [0.2, 0.25) is 0 Å². The lowest BCUT2D eigenvalue weighted by atomic mass is 10.2. The molecule has 0 aliphatic carbocycles. The normalized spacial score (nSPS) is 10.0. The first-order valence-corrected chi connectivity index (χ1v) is 7.07. The Bertz CT molecular complexity index is 584. The van der Waals surface area contributed by atoms with Crippen LogP contribution in [-0.4, -0.2) is 12.5 Å². The van der Waals surface area contributed by atoms with Crippen LogP contribution in [0.2, 0.25) is 0 Å². The maximum Gasteiger partial charge on any atom is 0.255 e. The molecule has 0 radical (unpaired) electrons. The van der Waals surface area contributed by atoms with Crippen molar-refractivity contribution in [2.45, 2.75) is 6.92 Å². The Kier molecular flexibility index (Phi) is 4.79. The van der Waals surface area contributed by atoms with Gasteiger partial charge in [-0.2, -0.15) is 0 Å². The second-order valence-electron chi connectivity index (χ2n) is 3.89. The molecule has 0 aliphatic heterocycles. The van der Waals surface area contributed by atoms with Crippen LogP contribution in [0.25, 0.3) is 0 Å². The summed E-state index contributed by atoms with van der Waals surface area (Å²) in [5.74, 6) is 0.573. The van der Waals surface area contributed by atoms with E-state index in [0.29, 0.717) is 17.9 Å². The van der Waals surface area contributed by atoms with Gasteiger partial charge in [-0.25, -0.2) is 0 Å². The Hall–Kier alpha value is -1.56. The molecule has 1 amide bonds. The summed E-state index contributed by atoms with van der Waals surface area (Å²) in [4.78, 5) is 12.2. The first-order chi connectivity index (χ1) is 9.20. The molecule has 0 spiro atoms. The molecular weight excluding hydrogens is 353 g/mol. The zero-order chi connectivity index (χ0) is 13.7. The molecule has 0 aliphatic rings. The monoisotopic (exact) mass is 367 g/mol. The lowest BCUT2D eigenvalue weighted by molar-refractivity contribution is 0.102. The van der Waals surface area contributed by atoms with Gasteiger partial charge in [0.15, 0.2) is 0 Å². The van der Waals surface area contributed by atoms with Crippen molar-refractivity contribution in [2.24, 2.45) is 0 Å². The number of amides is 1. The Labute approximate surface area is 126 Å². The maximum atomic E-state index is 12.2. The van der Waals surface area contributed by atoms with Gasteiger partial charge in [0, 0.05) is 9.13 Å². The summed E-state index contributed by atoms with van der Waals surface area (Å²) >= 11 is 2.19. The maximum absolute atomic E-state index is 12.2. The molecular formula is C15H14INO2. The molecule has 0 heterocycles. The van der Waals surface area contributed by atoms with E-state index in [9.17, 15) is 4.79 Å². The number of para-hydroxylation sites is 1. The molecule has 3 nitrogen and oxygen atoms in total. The molecule has 0 unspecified atom stereocenters. The van der Waals surface area contributed by atoms with Gasteiger partial charge in [-0.05, 0) is 59.8 Å². The highest BCUT2D eigenvalue weighted by atomic mass is 127. The zero-order valence-electron chi connectivity index (χ0n) is 10.5. The molecule has 4 heteroatoms. The molecule has 2 aromatic carbocycles. The molecule has 2 rings (SSSR count). The lowest BCUT2D eigenvalue weighted by Gasteiger charge is -2.08. The fourth-order valence-corrected chi connectivity index (χ4v) is 2.17. The van der Waals surface area contributed by atoms with E-state index in [1.807, 2.05) is 43.3 Å². The van der Waals surface area contributed by atoms with Crippen molar-refractivity contribution in [1.82, 2.24) is 0 Å². The van der Waals surface area contributed by atoms with Crippen molar-refractivity contribution in [3.63, 3.8) is 0 Å². The van der Waals surface area contributed by atoms with E-state index >= 15 is 0 Å². The highest BCUT2D eigenvalue weighted by Crippen LogP contribution is 2.19. The molecule has 1 N–H and O–H groups in total. The molecule has 0 bridgehead atoms. The number of ether oxygens (including phenoxy) is 1. The SMILES string of the molecule is CCOc1cccc(C(=O)Nc2ccccc2I)c1. The van der Waals surface area contributed by atoms with E-state index < -0.39 is 0 Å². The Morgan fingerprint density at radius 1 is 1.21 bits per heavy atom. The van der Waals surface area contributed by atoms with Crippen molar-refractivity contribution < 1.29 is 9.53 Å². The Balaban J connectivity index is 2.16. The fraction of sp³-hybridized carbons (Fsp3) is 0.133. The van der Waals surface area contributed by atoms with Crippen LogP contribution in [0.1, 0.15) is 17.3 Å². The largest absolute Gasteiger partial charge is 0.494 e. The van der Waals surface area contributed by atoms with Gasteiger partial charge in [0.25, 0.3) is 5.91 Å². The van der Waals surface area contributed by atoms with Crippen LogP contribution in [0.3, 0.4) is 0 Å². The number of carbonyl (C=O) groups is 1. The van der Waals surface area contributed by atoms with Crippen molar-refractivity contribution >= 4 is 34.2 Å². The van der Waals surface area contributed by atoms with Crippen molar-refractivity contribution in [3.8, 4) is 5.75 Å². The predicted octanol–water partition coefficient (Wildman–Crippen LogP) is 3.94. The molecule has 0 atom stereocenters. The molecule has 0 saturated carbocycles. The van der Waals surface area contributed by atoms with Crippen LogP contribution in [0, 0.1) is 3.57 Å². The van der Waals surface area contributed by atoms with Gasteiger partial charge >= 0.3 is 0 Å². The minimum atomic E-state index is -0.134. The molecule has 0 fully saturated rings. The van der Waals surface area contributed by atoms with Gasteiger partial charge in [-0.1, -0.05) is 18.2 Å². The summed E-state index contributed by atoms with van der Waals surface area (Å²) in [7, 11) is 0. The third-order valence-corrected chi connectivity index (χ3v) is 3.47. The number of benzene rings is 2. The molecule has 0 saturated heterocycles. The summed E-state index contributed by atoms with van der Waals surface area (Å²) < 4.78 is 6.40. The quantitative estimate of drug-likeness (QED) is 0.832. The smallest absolute Gasteiger partial charge is 0.255 e. The standard InChI is InChI=1S/C15H14INO2/c1-2-19-12-7-5-6-11(10-12)15(18)17-14-9-4-3-8-13(14)16/h3-10H,2H2,1H3,(H,17,18). The second kappa shape index (κ2) is 6.56. The zero-order valence-corrected chi connectivity index (χ0v) is 12.7. The average Bonchev–Trinajstić information content (AvgIpc) is 2.42. The highest BCUT2D eigenvalue weighted by molar-refractivity contribution is 14.1. The van der Waals surface area contributed by atoms with Crippen molar-refractivity contribution in [2.75, 3.05) is 11.9 Å². The molecule has 0 aromatic heterocycles. The first-order valence-electron chi connectivity index (χ1n) is 5.99. The van der Waals surface area contributed by atoms with E-state index in [1.165, 1.54) is 0 Å². The number of rotatable bonds is 4. The van der Waals surface area contributed by atoms with Gasteiger partial charge in [-0.15, -0.1) is 0 Å². The van der Waals surface area contributed by atoms with E-state index in [-0.39, 0.29) is 5.91 Å². The number of nitrogens with one attached hydrogen (secondary N) is 1. The number of carbonyl (C=O) groups excluding carboxylic acids is 1. The van der Waals surface area contributed by atoms with Gasteiger partial charge in [-0.3, -0.25) is 4.79 Å². The Morgan fingerprint density at radius 3 is 2.74 bits per heavy atom. The number of anilines is 1. The number of halogens is 1. The van der Waals surface area contributed by atoms with Crippen LogP contribution in [0.5, 0.6) is 5.75 Å². The summed E-state index contributed by atoms with van der Waals surface area (Å²) in [5.41, 5.74) is 1.40. The Morgan fingerprint density at radius 2 is 2.00 bits per heavy atom. The minimum Gasteiger partial charge on any atom is -0.494 e. The van der Waals surface area contributed by atoms with Crippen molar-refractivity contribution in [3.05, 3.63) is 57.7 Å². The molecule has 19 heavy (non-hydrogen) atoms. The van der Waals surface area contributed by atoms with E-state index in [0.717, 1.165) is 9.26 Å². The average molecular weight is 367 g/mol. The topological polar surface area (TPSA) is 38.3 Å². The predicted molar refractivity (Wildman–Crippen MR) is 84.7 cm³/mol. The van der Waals surface area contributed by atoms with Crippen LogP contribution in [0.4, 0.5) is 5.69 Å². The lowest BCUT2D eigenvalue weighted by Crippen LogP contribution is -2.12. The summed E-state index contributed by atoms with van der Waals surface area (Å²) in [6.45, 7) is 2.50. The summed E-state index contributed by atoms with van der Waals surface area (Å²) in [6, 6.07) is 14.8. The van der Waals surface area contributed by atoms with Crippen LogP contribution in [-0.2, 0) is 0 Å². The van der Waals surface area contributed by atoms with Gasteiger partial charge < -0.3 is 10.1 Å². The second-order valence-corrected chi connectivity index (χ2v) is 5.06. The van der Waals surface area contributed by atoms with Gasteiger partial charge in [0.1, 0.15) is 5.75 Å². The fourth-order valence-electron chi connectivity index (χ4n) is 1.65. The summed E-state index contributed by atoms with van der Waals surface area (Å²) in [6.07, 6.45) is 0.